The van der Waals surface area contributed by atoms with Crippen LogP contribution in [0.4, 0.5) is 0 Å². The topological polar surface area (TPSA) is 45.3 Å². The van der Waals surface area contributed by atoms with Crippen LogP contribution in [-0.2, 0) is 4.74 Å². The number of nitrogens with one attached hydrogen (secondary N) is 1. The number of ether oxygens (including phenoxy) is 1. The van der Waals surface area contributed by atoms with Crippen LogP contribution in [0.5, 0.6) is 0 Å². The summed E-state index contributed by atoms with van der Waals surface area (Å²) in [6.07, 6.45) is 1.80. The molecular weight excluding hydrogens is 240 g/mol. The smallest absolute Gasteiger partial charge is 0.256 e. The molecule has 0 unspecified atom stereocenters. The van der Waals surface area contributed by atoms with Gasteiger partial charge in [-0.2, -0.15) is 0 Å². The summed E-state index contributed by atoms with van der Waals surface area (Å²) in [7, 11) is 0. The van der Waals surface area contributed by atoms with Crippen LogP contribution in [0.2, 0.25) is 0 Å². The lowest BCUT2D eigenvalue weighted by molar-refractivity contribution is -0.0369. The average molecular weight is 258 g/mol. The van der Waals surface area contributed by atoms with Crippen LogP contribution in [0.3, 0.4) is 0 Å². The number of hydrogen-bond donors (Lipinski definition) is 1. The molecule has 1 N–H and O–H groups in total. The first kappa shape index (κ1) is 12.2. The van der Waals surface area contributed by atoms with Gasteiger partial charge in [0.1, 0.15) is 0 Å². The molecule has 4 nitrogen and oxygen atoms in total. The lowest BCUT2D eigenvalue weighted by atomic mass is 10.0. The molecule has 1 aliphatic rings. The first-order chi connectivity index (χ1) is 9.09. The van der Waals surface area contributed by atoms with E-state index in [9.17, 15) is 4.79 Å². The van der Waals surface area contributed by atoms with Gasteiger partial charge in [0.2, 0.25) is 0 Å². The van der Waals surface area contributed by atoms with Crippen LogP contribution in [0, 0.1) is 0 Å². The molecule has 19 heavy (non-hydrogen) atoms. The third kappa shape index (κ3) is 2.02. The number of para-hydroxylation sites is 1. The number of fused-ring (bicyclic) bond motifs is 1. The predicted octanol–water partition coefficient (Wildman–Crippen LogP) is 2.42. The van der Waals surface area contributed by atoms with Crippen LogP contribution in [0.15, 0.2) is 30.5 Å². The van der Waals surface area contributed by atoms with Gasteiger partial charge < -0.3 is 14.6 Å². The Morgan fingerprint density at radius 1 is 1.37 bits per heavy atom. The molecule has 0 radical (unpaired) electrons. The van der Waals surface area contributed by atoms with E-state index in [-0.39, 0.29) is 11.4 Å². The summed E-state index contributed by atoms with van der Waals surface area (Å²) >= 11 is 0. The summed E-state index contributed by atoms with van der Waals surface area (Å²) in [5.74, 6) is 0.0748. The second-order valence-electron chi connectivity index (χ2n) is 5.57. The summed E-state index contributed by atoms with van der Waals surface area (Å²) < 4.78 is 5.47. The third-order valence-electron chi connectivity index (χ3n) is 3.71. The second-order valence-corrected chi connectivity index (χ2v) is 5.57. The number of H-pyrrole nitrogens is 1. The van der Waals surface area contributed by atoms with Crippen molar-refractivity contribution < 1.29 is 9.53 Å². The Kier molecular flexibility index (Phi) is 2.82. The van der Waals surface area contributed by atoms with Crippen molar-refractivity contribution >= 4 is 16.8 Å². The predicted molar refractivity (Wildman–Crippen MR) is 74.2 cm³/mol. The van der Waals surface area contributed by atoms with E-state index in [4.69, 9.17) is 4.74 Å². The minimum Gasteiger partial charge on any atom is -0.377 e. The molecular formula is C15H18N2O2. The number of aromatic amines is 1. The lowest BCUT2D eigenvalue weighted by Crippen LogP contribution is -2.55. The van der Waals surface area contributed by atoms with Crippen molar-refractivity contribution in [3.8, 4) is 0 Å². The van der Waals surface area contributed by atoms with E-state index < -0.39 is 0 Å². The van der Waals surface area contributed by atoms with Crippen molar-refractivity contribution in [2.45, 2.75) is 19.4 Å². The van der Waals surface area contributed by atoms with E-state index in [1.165, 1.54) is 0 Å². The molecule has 3 rings (SSSR count). The first-order valence-electron chi connectivity index (χ1n) is 6.55. The number of carbonyl (C=O) groups is 1. The number of benzene rings is 1. The minimum atomic E-state index is -0.256. The quantitative estimate of drug-likeness (QED) is 0.853. The fourth-order valence-electron chi connectivity index (χ4n) is 2.63. The number of rotatable bonds is 1. The van der Waals surface area contributed by atoms with Crippen LogP contribution < -0.4 is 0 Å². The molecule has 0 bridgehead atoms. The Bertz CT molecular complexity index is 615. The van der Waals surface area contributed by atoms with E-state index in [2.05, 4.69) is 4.98 Å². The Morgan fingerprint density at radius 3 is 2.95 bits per heavy atom. The van der Waals surface area contributed by atoms with Crippen LogP contribution >= 0.6 is 0 Å². The van der Waals surface area contributed by atoms with Gasteiger partial charge in [-0.05, 0) is 19.9 Å². The van der Waals surface area contributed by atoms with Gasteiger partial charge in [-0.15, -0.1) is 0 Å². The van der Waals surface area contributed by atoms with Gasteiger partial charge in [0, 0.05) is 23.6 Å². The van der Waals surface area contributed by atoms with Crippen molar-refractivity contribution in [2.75, 3.05) is 19.8 Å². The maximum Gasteiger partial charge on any atom is 0.256 e. The van der Waals surface area contributed by atoms with Crippen molar-refractivity contribution in [3.63, 3.8) is 0 Å². The van der Waals surface area contributed by atoms with Gasteiger partial charge >= 0.3 is 0 Å². The fraction of sp³-hybridized carbons (Fsp3) is 0.400. The SMILES string of the molecule is CC1(C)COCCN1C(=O)c1c[nH]c2ccccc12. The Morgan fingerprint density at radius 2 is 2.16 bits per heavy atom. The van der Waals surface area contributed by atoms with Crippen molar-refractivity contribution in [2.24, 2.45) is 0 Å². The summed E-state index contributed by atoms with van der Waals surface area (Å²) in [5.41, 5.74) is 1.48. The maximum absolute atomic E-state index is 12.7. The van der Waals surface area contributed by atoms with E-state index in [1.54, 1.807) is 6.20 Å². The van der Waals surface area contributed by atoms with Gasteiger partial charge in [0.05, 0.1) is 24.3 Å². The van der Waals surface area contributed by atoms with Crippen molar-refractivity contribution in [1.82, 2.24) is 9.88 Å². The highest BCUT2D eigenvalue weighted by atomic mass is 16.5. The van der Waals surface area contributed by atoms with Crippen LogP contribution in [0.1, 0.15) is 24.2 Å². The first-order valence-corrected chi connectivity index (χ1v) is 6.55. The average Bonchev–Trinajstić information content (AvgIpc) is 2.81. The van der Waals surface area contributed by atoms with E-state index >= 15 is 0 Å². The molecule has 4 heteroatoms. The molecule has 2 heterocycles. The summed E-state index contributed by atoms with van der Waals surface area (Å²) in [6.45, 7) is 5.92. The second kappa shape index (κ2) is 4.38. The standard InChI is InChI=1S/C15H18N2O2/c1-15(2)10-19-8-7-17(15)14(18)12-9-16-13-6-4-3-5-11(12)13/h3-6,9,16H,7-8,10H2,1-2H3. The van der Waals surface area contributed by atoms with Crippen LogP contribution in [-0.4, -0.2) is 41.1 Å². The Hall–Kier alpha value is -1.81. The highest BCUT2D eigenvalue weighted by molar-refractivity contribution is 6.06. The van der Waals surface area contributed by atoms with Gasteiger partial charge in [-0.1, -0.05) is 18.2 Å². The summed E-state index contributed by atoms with van der Waals surface area (Å²) in [5, 5.41) is 0.981. The molecule has 100 valence electrons. The largest absolute Gasteiger partial charge is 0.377 e. The zero-order chi connectivity index (χ0) is 13.5. The summed E-state index contributed by atoms with van der Waals surface area (Å²) in [4.78, 5) is 17.8. The fourth-order valence-corrected chi connectivity index (χ4v) is 2.63. The number of amides is 1. The maximum atomic E-state index is 12.7. The molecule has 0 spiro atoms. The lowest BCUT2D eigenvalue weighted by Gasteiger charge is -2.42. The van der Waals surface area contributed by atoms with Crippen molar-refractivity contribution in [1.29, 1.82) is 0 Å². The monoisotopic (exact) mass is 258 g/mol. The molecule has 1 fully saturated rings. The van der Waals surface area contributed by atoms with E-state index in [0.717, 1.165) is 16.5 Å². The van der Waals surface area contributed by atoms with Crippen molar-refractivity contribution in [3.05, 3.63) is 36.0 Å². The normalized spacial score (nSPS) is 18.7. The highest BCUT2D eigenvalue weighted by Crippen LogP contribution is 2.25. The molecule has 1 aliphatic heterocycles. The number of carbonyl (C=O) groups excluding carboxylic acids is 1. The zero-order valence-corrected chi connectivity index (χ0v) is 11.3. The molecule has 1 aromatic heterocycles. The molecule has 1 saturated heterocycles. The Labute approximate surface area is 112 Å². The molecule has 2 aromatic rings. The number of hydrogen-bond acceptors (Lipinski definition) is 2. The van der Waals surface area contributed by atoms with Gasteiger partial charge in [-0.25, -0.2) is 0 Å². The molecule has 0 aliphatic carbocycles. The number of aromatic nitrogens is 1. The van der Waals surface area contributed by atoms with Gasteiger partial charge in [0.15, 0.2) is 0 Å². The minimum absolute atomic E-state index is 0.0748. The number of morpholine rings is 1. The van der Waals surface area contributed by atoms with E-state index in [1.807, 2.05) is 43.0 Å². The molecule has 1 aromatic carbocycles. The molecule has 0 atom stereocenters. The van der Waals surface area contributed by atoms with E-state index in [0.29, 0.717) is 19.8 Å². The van der Waals surface area contributed by atoms with Gasteiger partial charge in [-0.3, -0.25) is 4.79 Å². The Balaban J connectivity index is 1.99. The zero-order valence-electron chi connectivity index (χ0n) is 11.3. The molecule has 1 amide bonds. The molecule has 0 saturated carbocycles. The highest BCUT2D eigenvalue weighted by Gasteiger charge is 2.35. The van der Waals surface area contributed by atoms with Crippen LogP contribution in [0.25, 0.3) is 10.9 Å². The number of nitrogens with zero attached hydrogens (tertiary/aromatic N) is 1. The summed E-state index contributed by atoms with van der Waals surface area (Å²) in [6, 6.07) is 7.88. The third-order valence-corrected chi connectivity index (χ3v) is 3.71. The van der Waals surface area contributed by atoms with Gasteiger partial charge in [0.25, 0.3) is 5.91 Å².